The van der Waals surface area contributed by atoms with Gasteiger partial charge in [0.05, 0.1) is 6.04 Å². The fourth-order valence-electron chi connectivity index (χ4n) is 1.15. The van der Waals surface area contributed by atoms with Gasteiger partial charge >= 0.3 is 0 Å². The molecule has 2 rings (SSSR count). The molecule has 1 aromatic carbocycles. The molecule has 1 amide bonds. The first-order valence-corrected chi connectivity index (χ1v) is 4.41. The summed E-state index contributed by atoms with van der Waals surface area (Å²) in [5, 5.41) is 5.82. The summed E-state index contributed by atoms with van der Waals surface area (Å²) in [5.74, 6) is 0.101. The summed E-state index contributed by atoms with van der Waals surface area (Å²) in [6.07, 6.45) is 0. The van der Waals surface area contributed by atoms with Gasteiger partial charge in [-0.25, -0.2) is 0 Å². The molecule has 1 aliphatic rings. The normalized spacial score (nSPS) is 19.5. The molecule has 1 aromatic rings. The van der Waals surface area contributed by atoms with Crippen LogP contribution < -0.4 is 10.6 Å². The fraction of sp³-hybridized carbons (Fsp3) is 0.300. The van der Waals surface area contributed by atoms with Gasteiger partial charge in [-0.05, 0) is 5.56 Å². The lowest BCUT2D eigenvalue weighted by Crippen LogP contribution is -2.28. The highest BCUT2D eigenvalue weighted by molar-refractivity contribution is 5.84. The largest absolute Gasteiger partial charge is 0.351 e. The highest BCUT2D eigenvalue weighted by atomic mass is 16.2. The summed E-state index contributed by atoms with van der Waals surface area (Å²) in [6.45, 7) is 1.44. The molecule has 0 radical (unpaired) electrons. The van der Waals surface area contributed by atoms with E-state index in [0.717, 1.165) is 12.1 Å². The number of rotatable bonds is 3. The quantitative estimate of drug-likeness (QED) is 0.650. The zero-order chi connectivity index (χ0) is 9.10. The molecule has 1 aliphatic heterocycles. The van der Waals surface area contributed by atoms with Crippen molar-refractivity contribution in [3.63, 3.8) is 0 Å². The molecule has 68 valence electrons. The maximum Gasteiger partial charge on any atom is 0.238 e. The molecule has 0 spiro atoms. The molecular weight excluding hydrogens is 164 g/mol. The maximum atomic E-state index is 11.2. The second kappa shape index (κ2) is 3.58. The maximum absolute atomic E-state index is 11.2. The highest BCUT2D eigenvalue weighted by Crippen LogP contribution is 2.00. The second-order valence-corrected chi connectivity index (χ2v) is 3.16. The summed E-state index contributed by atoms with van der Waals surface area (Å²) in [7, 11) is 0. The van der Waals surface area contributed by atoms with Crippen molar-refractivity contribution in [3.8, 4) is 0 Å². The summed E-state index contributed by atoms with van der Waals surface area (Å²) in [5.41, 5.74) is 1.14. The standard InChI is InChI=1S/C10H12N2O/c13-10(9-7-11-9)12-6-8-4-2-1-3-5-8/h1-5,9,11H,6-7H2,(H,12,13)/t9-/m0/s1. The Labute approximate surface area is 77.1 Å². The Hall–Kier alpha value is -1.35. The Morgan fingerprint density at radius 2 is 2.15 bits per heavy atom. The highest BCUT2D eigenvalue weighted by Gasteiger charge is 2.27. The van der Waals surface area contributed by atoms with E-state index in [1.807, 2.05) is 30.3 Å². The van der Waals surface area contributed by atoms with Crippen molar-refractivity contribution in [1.29, 1.82) is 0 Å². The Kier molecular flexibility index (Phi) is 2.27. The van der Waals surface area contributed by atoms with Gasteiger partial charge in [-0.3, -0.25) is 4.79 Å². The predicted molar refractivity (Wildman–Crippen MR) is 50.1 cm³/mol. The van der Waals surface area contributed by atoms with Crippen molar-refractivity contribution >= 4 is 5.91 Å². The van der Waals surface area contributed by atoms with E-state index >= 15 is 0 Å². The van der Waals surface area contributed by atoms with E-state index in [4.69, 9.17) is 0 Å². The van der Waals surface area contributed by atoms with Crippen LogP contribution in [-0.4, -0.2) is 18.5 Å². The number of hydrogen-bond acceptors (Lipinski definition) is 2. The molecule has 1 saturated heterocycles. The van der Waals surface area contributed by atoms with E-state index < -0.39 is 0 Å². The zero-order valence-electron chi connectivity index (χ0n) is 7.29. The van der Waals surface area contributed by atoms with Gasteiger partial charge in [0.2, 0.25) is 5.91 Å². The third-order valence-corrected chi connectivity index (χ3v) is 2.03. The molecule has 0 saturated carbocycles. The molecule has 3 heteroatoms. The lowest BCUT2D eigenvalue weighted by atomic mass is 10.2. The Balaban J connectivity index is 1.82. The van der Waals surface area contributed by atoms with Gasteiger partial charge in [0, 0.05) is 13.1 Å². The van der Waals surface area contributed by atoms with Crippen LogP contribution in [0.3, 0.4) is 0 Å². The molecule has 0 aliphatic carbocycles. The molecule has 1 fully saturated rings. The topological polar surface area (TPSA) is 51.0 Å². The molecule has 1 atom stereocenters. The Morgan fingerprint density at radius 3 is 2.77 bits per heavy atom. The van der Waals surface area contributed by atoms with Crippen molar-refractivity contribution in [2.24, 2.45) is 0 Å². The molecule has 2 N–H and O–H groups in total. The molecular formula is C10H12N2O. The number of nitrogens with one attached hydrogen (secondary N) is 2. The molecule has 1 heterocycles. The van der Waals surface area contributed by atoms with Crippen LogP contribution in [0, 0.1) is 0 Å². The van der Waals surface area contributed by atoms with E-state index in [9.17, 15) is 4.79 Å². The van der Waals surface area contributed by atoms with Crippen molar-refractivity contribution in [2.75, 3.05) is 6.54 Å². The molecule has 0 unspecified atom stereocenters. The first-order chi connectivity index (χ1) is 6.36. The smallest absolute Gasteiger partial charge is 0.238 e. The molecule has 3 nitrogen and oxygen atoms in total. The van der Waals surface area contributed by atoms with E-state index in [1.165, 1.54) is 0 Å². The van der Waals surface area contributed by atoms with Crippen LogP contribution in [0.25, 0.3) is 0 Å². The average Bonchev–Trinajstić information content (AvgIpc) is 2.99. The Bertz CT molecular complexity index is 293. The fourth-order valence-corrected chi connectivity index (χ4v) is 1.15. The number of carbonyl (C=O) groups is 1. The average molecular weight is 176 g/mol. The van der Waals surface area contributed by atoms with Crippen molar-refractivity contribution in [2.45, 2.75) is 12.6 Å². The first kappa shape index (κ1) is 8.26. The minimum atomic E-state index is 0.0590. The first-order valence-electron chi connectivity index (χ1n) is 4.41. The predicted octanol–water partition coefficient (Wildman–Crippen LogP) is 0.275. The summed E-state index contributed by atoms with van der Waals surface area (Å²) >= 11 is 0. The second-order valence-electron chi connectivity index (χ2n) is 3.16. The van der Waals surface area contributed by atoms with Gasteiger partial charge in [0.1, 0.15) is 0 Å². The molecule has 13 heavy (non-hydrogen) atoms. The van der Waals surface area contributed by atoms with Crippen molar-refractivity contribution < 1.29 is 4.79 Å². The van der Waals surface area contributed by atoms with Crippen LogP contribution in [0.4, 0.5) is 0 Å². The van der Waals surface area contributed by atoms with E-state index in [2.05, 4.69) is 10.6 Å². The molecule has 0 bridgehead atoms. The van der Waals surface area contributed by atoms with E-state index in [-0.39, 0.29) is 11.9 Å². The van der Waals surface area contributed by atoms with Gasteiger partial charge in [0.15, 0.2) is 0 Å². The van der Waals surface area contributed by atoms with Crippen LogP contribution in [0.15, 0.2) is 30.3 Å². The van der Waals surface area contributed by atoms with Crippen molar-refractivity contribution in [1.82, 2.24) is 10.6 Å². The Morgan fingerprint density at radius 1 is 1.46 bits per heavy atom. The van der Waals surface area contributed by atoms with Gasteiger partial charge in [-0.15, -0.1) is 0 Å². The molecule has 0 aromatic heterocycles. The third kappa shape index (κ3) is 2.29. The number of hydrogen-bond donors (Lipinski definition) is 2. The number of benzene rings is 1. The SMILES string of the molecule is O=C(NCc1ccccc1)[C@@H]1CN1. The third-order valence-electron chi connectivity index (χ3n) is 2.03. The zero-order valence-corrected chi connectivity index (χ0v) is 7.29. The van der Waals surface area contributed by atoms with Crippen molar-refractivity contribution in [3.05, 3.63) is 35.9 Å². The van der Waals surface area contributed by atoms with E-state index in [1.54, 1.807) is 0 Å². The number of carbonyl (C=O) groups excluding carboxylic acids is 1. The van der Waals surface area contributed by atoms with Gasteiger partial charge < -0.3 is 10.6 Å². The van der Waals surface area contributed by atoms with Crippen LogP contribution in [0.5, 0.6) is 0 Å². The monoisotopic (exact) mass is 176 g/mol. The van der Waals surface area contributed by atoms with Crippen LogP contribution in [0.1, 0.15) is 5.56 Å². The minimum Gasteiger partial charge on any atom is -0.351 e. The van der Waals surface area contributed by atoms with Gasteiger partial charge in [-0.2, -0.15) is 0 Å². The lowest BCUT2D eigenvalue weighted by molar-refractivity contribution is -0.120. The van der Waals surface area contributed by atoms with Crippen LogP contribution in [-0.2, 0) is 11.3 Å². The summed E-state index contributed by atoms with van der Waals surface area (Å²) < 4.78 is 0. The minimum absolute atomic E-state index is 0.0590. The lowest BCUT2D eigenvalue weighted by Gasteiger charge is -2.02. The van der Waals surface area contributed by atoms with Crippen LogP contribution in [0.2, 0.25) is 0 Å². The van der Waals surface area contributed by atoms with Gasteiger partial charge in [-0.1, -0.05) is 30.3 Å². The summed E-state index contributed by atoms with van der Waals surface area (Å²) in [6, 6.07) is 9.96. The van der Waals surface area contributed by atoms with E-state index in [0.29, 0.717) is 6.54 Å². The number of amides is 1. The van der Waals surface area contributed by atoms with Gasteiger partial charge in [0.25, 0.3) is 0 Å². The summed E-state index contributed by atoms with van der Waals surface area (Å²) in [4.78, 5) is 11.2. The van der Waals surface area contributed by atoms with Crippen LogP contribution >= 0.6 is 0 Å².